The van der Waals surface area contributed by atoms with Gasteiger partial charge in [0.2, 0.25) is 6.29 Å². The van der Waals surface area contributed by atoms with Gasteiger partial charge in [0.15, 0.2) is 49.8 Å². The van der Waals surface area contributed by atoms with E-state index < -0.39 is 255 Å². The number of fused-ring (bicyclic) bond motifs is 7. The number of hydrogen-bond donors (Lipinski definition) is 13. The van der Waals surface area contributed by atoms with Gasteiger partial charge < -0.3 is 142 Å². The summed E-state index contributed by atoms with van der Waals surface area (Å²) in [6, 6.07) is 0. The van der Waals surface area contributed by atoms with Gasteiger partial charge in [-0.05, 0) is 117 Å². The summed E-state index contributed by atoms with van der Waals surface area (Å²) in [5.41, 5.74) is -3.38. The Bertz CT molecular complexity index is 3030. The molecule has 4 saturated carbocycles. The van der Waals surface area contributed by atoms with Crippen molar-refractivity contribution in [2.75, 3.05) is 26.9 Å². The van der Waals surface area contributed by atoms with Crippen LogP contribution in [-0.4, -0.2) is 302 Å². The van der Waals surface area contributed by atoms with Gasteiger partial charge in [0, 0.05) is 13.8 Å². The third kappa shape index (κ3) is 14.0. The van der Waals surface area contributed by atoms with Crippen LogP contribution in [-0.2, 0) is 95.0 Å². The molecule has 33 heteroatoms. The van der Waals surface area contributed by atoms with E-state index in [0.29, 0.717) is 57.8 Å². The van der Waals surface area contributed by atoms with Crippen molar-refractivity contribution in [3.05, 3.63) is 11.6 Å². The second-order valence-electron chi connectivity index (χ2n) is 32.0. The predicted molar refractivity (Wildman–Crippen MR) is 338 cm³/mol. The van der Waals surface area contributed by atoms with E-state index in [-0.39, 0.29) is 23.7 Å². The second kappa shape index (κ2) is 30.1. The van der Waals surface area contributed by atoms with Crippen LogP contribution in [0.1, 0.15) is 133 Å². The number of methoxy groups -OCH3 is 1. The summed E-state index contributed by atoms with van der Waals surface area (Å²) in [6.45, 7) is 16.2. The summed E-state index contributed by atoms with van der Waals surface area (Å²) in [7, 11) is 1.05. The topological polar surface area (TPSA) is 487 Å². The Balaban J connectivity index is 0.884. The molecule has 0 bridgehead atoms. The molecule has 0 aromatic carbocycles. The van der Waals surface area contributed by atoms with Crippen molar-refractivity contribution in [2.24, 2.45) is 50.2 Å². The number of carbonyl (C=O) groups excluding carboxylic acids is 5. The van der Waals surface area contributed by atoms with E-state index in [0.717, 1.165) is 32.8 Å². The molecule has 0 amide bonds. The first-order valence-electron chi connectivity index (χ1n) is 35.6. The first-order valence-corrected chi connectivity index (χ1v) is 35.6. The first kappa shape index (κ1) is 79.4. The maximum atomic E-state index is 16.2. The van der Waals surface area contributed by atoms with Gasteiger partial charge in [-0.1, -0.05) is 53.2 Å². The number of ether oxygens (including phenoxy) is 15. The fraction of sp³-hybridized carbons (Fsp3) is 0.899. The molecule has 11 aliphatic rings. The van der Waals surface area contributed by atoms with Crippen molar-refractivity contribution < 1.29 is 161 Å². The SMILES string of the molecule is COC(=O)C1OC(OC2CCC3(C)C(CCC4(C)C3CC=C3C5CC(C)(C)CCC5(C(=O)OC5OC(C)C(OC(C)=O)C(OC6OC(COC(C)=O)C(O)C6O)C5OC5OC(C)C(OC6OCC(O)C(O)C6O)C(O)C5O)CCC34C)C2(C)C=O)C(OC2OC(CO)C(O)C(O)C2O)C(O)C1O. The lowest BCUT2D eigenvalue weighted by Crippen LogP contribution is -2.68. The largest absolute Gasteiger partial charge is 0.467 e. The van der Waals surface area contributed by atoms with Crippen LogP contribution in [0.2, 0.25) is 0 Å². The smallest absolute Gasteiger partial charge is 0.337 e. The van der Waals surface area contributed by atoms with Gasteiger partial charge >= 0.3 is 23.9 Å². The maximum absolute atomic E-state index is 16.2. The fourth-order valence-corrected chi connectivity index (χ4v) is 19.4. The highest BCUT2D eigenvalue weighted by Crippen LogP contribution is 2.76. The van der Waals surface area contributed by atoms with E-state index in [4.69, 9.17) is 71.1 Å². The predicted octanol–water partition coefficient (Wildman–Crippen LogP) is -2.55. The van der Waals surface area contributed by atoms with Crippen molar-refractivity contribution in [1.82, 2.24) is 0 Å². The van der Waals surface area contributed by atoms with E-state index in [9.17, 15) is 85.6 Å². The van der Waals surface area contributed by atoms with Crippen LogP contribution in [0.15, 0.2) is 11.6 Å². The zero-order chi connectivity index (χ0) is 74.6. The molecule has 6 heterocycles. The van der Waals surface area contributed by atoms with Crippen LogP contribution in [0.3, 0.4) is 0 Å². The molecule has 33 nitrogen and oxygen atoms in total. The van der Waals surface area contributed by atoms with Crippen LogP contribution in [0.4, 0.5) is 0 Å². The van der Waals surface area contributed by atoms with Crippen LogP contribution in [0.25, 0.3) is 0 Å². The normalized spacial score (nSPS) is 51.5. The van der Waals surface area contributed by atoms with E-state index in [1.807, 2.05) is 0 Å². The number of aldehydes is 1. The van der Waals surface area contributed by atoms with Crippen molar-refractivity contribution >= 4 is 30.2 Å². The summed E-state index contributed by atoms with van der Waals surface area (Å²) < 4.78 is 90.1. The lowest BCUT2D eigenvalue weighted by molar-refractivity contribution is -0.382. The molecule has 37 unspecified atom stereocenters. The zero-order valence-electron chi connectivity index (χ0n) is 59.3. The molecule has 580 valence electrons. The molecule has 102 heavy (non-hydrogen) atoms. The molecule has 6 saturated heterocycles. The van der Waals surface area contributed by atoms with Gasteiger partial charge in [0.25, 0.3) is 0 Å². The number of rotatable bonds is 18. The standard InChI is InChI=1S/C69H106O33/c1-27-50(97-57-46(82)39(75)33(74)24-90-57)45(81)49(85)58(91-27)101-55-54(100-59-47(83)41(77)35(95-59)25-89-29(3)72)51(93-30(4)73)28(2)92-62(55)102-63(87)69-20-18-64(5,6)22-32(69)31-12-13-37-65(7)16-15-38(66(8,26-71)36(65)14-17-68(37,10)67(31,9)19-21-69)96-61-53(44(80)43(79)52(98-61)56(86)88-11)99-60-48(84)42(78)40(76)34(23-70)94-60/h12,26-28,32-55,57-62,70,74-85H,13-25H2,1-11H3. The summed E-state index contributed by atoms with van der Waals surface area (Å²) in [4.78, 5) is 68.3. The molecule has 0 radical (unpaired) electrons. The van der Waals surface area contributed by atoms with Crippen LogP contribution in [0.5, 0.6) is 0 Å². The summed E-state index contributed by atoms with van der Waals surface area (Å²) >= 11 is 0. The Morgan fingerprint density at radius 2 is 1.13 bits per heavy atom. The fourth-order valence-electron chi connectivity index (χ4n) is 19.4. The lowest BCUT2D eigenvalue weighted by Gasteiger charge is -2.71. The summed E-state index contributed by atoms with van der Waals surface area (Å²) in [6.07, 6.45) is -41.2. The third-order valence-corrected chi connectivity index (χ3v) is 25.5. The molecule has 5 aliphatic carbocycles. The average molecular weight is 1460 g/mol. The molecular weight excluding hydrogens is 1360 g/mol. The van der Waals surface area contributed by atoms with E-state index in [1.165, 1.54) is 13.8 Å². The number of allylic oxidation sites excluding steroid dienone is 2. The Hall–Kier alpha value is -3.67. The molecular formula is C69H106O33. The lowest BCUT2D eigenvalue weighted by atomic mass is 9.33. The molecule has 13 N–H and O–H groups in total. The van der Waals surface area contributed by atoms with Gasteiger partial charge in [-0.3, -0.25) is 14.4 Å². The molecule has 0 aromatic rings. The minimum Gasteiger partial charge on any atom is -0.467 e. The van der Waals surface area contributed by atoms with Crippen molar-refractivity contribution in [2.45, 2.75) is 312 Å². The number of esters is 4. The first-order chi connectivity index (χ1) is 47.8. The van der Waals surface area contributed by atoms with Crippen LogP contribution >= 0.6 is 0 Å². The minimum atomic E-state index is -2.04. The van der Waals surface area contributed by atoms with Crippen molar-refractivity contribution in [1.29, 1.82) is 0 Å². The maximum Gasteiger partial charge on any atom is 0.337 e. The molecule has 10 fully saturated rings. The van der Waals surface area contributed by atoms with Gasteiger partial charge in [-0.15, -0.1) is 0 Å². The summed E-state index contributed by atoms with van der Waals surface area (Å²) in [5.74, 6) is -4.20. The Kier molecular flexibility index (Phi) is 23.4. The third-order valence-electron chi connectivity index (χ3n) is 25.5. The van der Waals surface area contributed by atoms with Gasteiger partial charge in [0.1, 0.15) is 117 Å². The highest BCUT2D eigenvalue weighted by molar-refractivity contribution is 5.79. The minimum absolute atomic E-state index is 0.0743. The Morgan fingerprint density at radius 1 is 0.549 bits per heavy atom. The van der Waals surface area contributed by atoms with E-state index >= 15 is 4.79 Å². The van der Waals surface area contributed by atoms with Crippen molar-refractivity contribution in [3.8, 4) is 0 Å². The molecule has 0 aromatic heterocycles. The second-order valence-corrected chi connectivity index (χ2v) is 32.0. The van der Waals surface area contributed by atoms with Crippen molar-refractivity contribution in [3.63, 3.8) is 0 Å². The summed E-state index contributed by atoms with van der Waals surface area (Å²) in [5, 5.41) is 143. The molecule has 0 spiro atoms. The number of carbonyl (C=O) groups is 5. The quantitative estimate of drug-likeness (QED) is 0.0221. The average Bonchev–Trinajstić information content (AvgIpc) is 0.723. The molecule has 37 atom stereocenters. The zero-order valence-corrected chi connectivity index (χ0v) is 59.3. The molecule has 11 rings (SSSR count). The number of hydrogen-bond acceptors (Lipinski definition) is 33. The van der Waals surface area contributed by atoms with E-state index in [2.05, 4.69) is 40.7 Å². The van der Waals surface area contributed by atoms with Crippen LogP contribution in [0, 0.1) is 50.2 Å². The van der Waals surface area contributed by atoms with Gasteiger partial charge in [0.05, 0.1) is 49.5 Å². The highest BCUT2D eigenvalue weighted by atomic mass is 16.8. The highest BCUT2D eigenvalue weighted by Gasteiger charge is 2.71. The Morgan fingerprint density at radius 3 is 1.78 bits per heavy atom. The number of aliphatic hydroxyl groups excluding tert-OH is 13. The molecule has 6 aliphatic heterocycles. The van der Waals surface area contributed by atoms with Crippen LogP contribution < -0.4 is 0 Å². The monoisotopic (exact) mass is 1460 g/mol. The van der Waals surface area contributed by atoms with Gasteiger partial charge in [-0.25, -0.2) is 4.79 Å². The van der Waals surface area contributed by atoms with Gasteiger partial charge in [-0.2, -0.15) is 0 Å². The number of aliphatic hydroxyl groups is 13. The van der Waals surface area contributed by atoms with E-state index in [1.54, 1.807) is 6.92 Å². The Labute approximate surface area is 590 Å².